The number of carboxylic acid groups (broad SMARTS) is 1. The first kappa shape index (κ1) is 21.2. The molecule has 3 N–H and O–H groups in total. The molecule has 0 saturated heterocycles. The van der Waals surface area contributed by atoms with E-state index < -0.39 is 29.9 Å². The van der Waals surface area contributed by atoms with Crippen molar-refractivity contribution in [2.45, 2.75) is 39.3 Å². The Morgan fingerprint density at radius 2 is 1.53 bits per heavy atom. The Morgan fingerprint density at radius 3 is 2.17 bits per heavy atom. The molecule has 30 heavy (non-hydrogen) atoms. The van der Waals surface area contributed by atoms with E-state index in [0.717, 1.165) is 0 Å². The summed E-state index contributed by atoms with van der Waals surface area (Å²) in [7, 11) is 0. The average molecular weight is 408 g/mol. The van der Waals surface area contributed by atoms with Crippen molar-refractivity contribution in [1.29, 1.82) is 0 Å². The quantitative estimate of drug-likeness (QED) is 0.556. The molecular formula is C23H24N2O5. The smallest absolute Gasteiger partial charge is 0.325 e. The predicted molar refractivity (Wildman–Crippen MR) is 111 cm³/mol. The van der Waals surface area contributed by atoms with Gasteiger partial charge in [-0.25, -0.2) is 0 Å². The third kappa shape index (κ3) is 4.10. The summed E-state index contributed by atoms with van der Waals surface area (Å²) in [6.45, 7) is 5.17. The lowest BCUT2D eigenvalue weighted by atomic mass is 9.97. The van der Waals surface area contributed by atoms with Gasteiger partial charge < -0.3 is 15.7 Å². The first-order valence-electron chi connectivity index (χ1n) is 9.81. The van der Waals surface area contributed by atoms with Crippen molar-refractivity contribution >= 4 is 23.6 Å². The summed E-state index contributed by atoms with van der Waals surface area (Å²) in [5.74, 6) is -2.25. The molecule has 0 saturated carbocycles. The Morgan fingerprint density at radius 1 is 0.900 bits per heavy atom. The van der Waals surface area contributed by atoms with E-state index in [1.807, 2.05) is 13.8 Å². The van der Waals surface area contributed by atoms with Gasteiger partial charge in [-0.2, -0.15) is 0 Å². The summed E-state index contributed by atoms with van der Waals surface area (Å²) in [6.07, 6.45) is 0.342. The van der Waals surface area contributed by atoms with Gasteiger partial charge in [0.25, 0.3) is 5.91 Å². The molecule has 0 spiro atoms. The molecule has 156 valence electrons. The van der Waals surface area contributed by atoms with Crippen LogP contribution in [0.2, 0.25) is 0 Å². The molecule has 0 bridgehead atoms. The molecule has 2 atom stereocenters. The lowest BCUT2D eigenvalue weighted by Crippen LogP contribution is -2.51. The number of aliphatic carboxylic acids is 1. The molecule has 7 heteroatoms. The van der Waals surface area contributed by atoms with E-state index in [0.29, 0.717) is 34.2 Å². The van der Waals surface area contributed by atoms with Crippen LogP contribution in [0.3, 0.4) is 0 Å². The summed E-state index contributed by atoms with van der Waals surface area (Å²) in [5, 5.41) is 14.2. The highest BCUT2D eigenvalue weighted by Crippen LogP contribution is 2.38. The molecule has 3 rings (SSSR count). The number of hydrogen-bond donors (Lipinski definition) is 3. The first-order chi connectivity index (χ1) is 14.2. The van der Waals surface area contributed by atoms with Crippen LogP contribution in [0.4, 0.5) is 0 Å². The Kier molecular flexibility index (Phi) is 6.01. The van der Waals surface area contributed by atoms with Gasteiger partial charge in [-0.15, -0.1) is 0 Å². The standard InChI is InChI=1S/C23H24N2O5/c1-12(2)11-18(22(28)24-13(3)23(29)30)25-21(27)17-10-6-9-16-19(17)14-7-4-5-8-15(14)20(16)26/h4-10,12-13,18H,11H2,1-3H3,(H,24,28)(H,25,27)(H,29,30)/t13-,18-/m0/s1. The van der Waals surface area contributed by atoms with Crippen LogP contribution in [0.5, 0.6) is 0 Å². The van der Waals surface area contributed by atoms with E-state index in [1.165, 1.54) is 6.92 Å². The molecule has 0 unspecified atom stereocenters. The fraction of sp³-hybridized carbons (Fsp3) is 0.304. The summed E-state index contributed by atoms with van der Waals surface area (Å²) >= 11 is 0. The van der Waals surface area contributed by atoms with Crippen LogP contribution < -0.4 is 10.6 Å². The molecule has 1 aliphatic carbocycles. The zero-order valence-electron chi connectivity index (χ0n) is 17.1. The van der Waals surface area contributed by atoms with Gasteiger partial charge in [-0.3, -0.25) is 19.2 Å². The van der Waals surface area contributed by atoms with Crippen LogP contribution in [0.15, 0.2) is 42.5 Å². The molecular weight excluding hydrogens is 384 g/mol. The third-order valence-electron chi connectivity index (χ3n) is 5.05. The monoisotopic (exact) mass is 408 g/mol. The molecule has 2 aromatic rings. The van der Waals surface area contributed by atoms with E-state index in [2.05, 4.69) is 10.6 Å². The minimum Gasteiger partial charge on any atom is -0.480 e. The number of carbonyl (C=O) groups excluding carboxylic acids is 3. The second-order valence-corrected chi connectivity index (χ2v) is 7.83. The van der Waals surface area contributed by atoms with Crippen LogP contribution in [0, 0.1) is 5.92 Å². The Balaban J connectivity index is 1.91. The minimum atomic E-state index is -1.16. The maximum Gasteiger partial charge on any atom is 0.325 e. The third-order valence-corrected chi connectivity index (χ3v) is 5.05. The number of carboxylic acids is 1. The number of carbonyl (C=O) groups is 4. The number of amides is 2. The molecule has 2 aromatic carbocycles. The van der Waals surface area contributed by atoms with Crippen LogP contribution in [0.1, 0.15) is 53.5 Å². The van der Waals surface area contributed by atoms with Crippen molar-refractivity contribution in [2.24, 2.45) is 5.92 Å². The maximum absolute atomic E-state index is 13.1. The molecule has 0 heterocycles. The molecule has 7 nitrogen and oxygen atoms in total. The fourth-order valence-electron chi connectivity index (χ4n) is 3.58. The summed E-state index contributed by atoms with van der Waals surface area (Å²) in [6, 6.07) is 10.1. The Bertz CT molecular complexity index is 1030. The molecule has 0 aliphatic heterocycles. The zero-order chi connectivity index (χ0) is 22.0. The molecule has 0 aromatic heterocycles. The van der Waals surface area contributed by atoms with Crippen molar-refractivity contribution < 1.29 is 24.3 Å². The van der Waals surface area contributed by atoms with Crippen molar-refractivity contribution in [1.82, 2.24) is 10.6 Å². The van der Waals surface area contributed by atoms with Gasteiger partial charge in [0, 0.05) is 22.3 Å². The molecule has 0 radical (unpaired) electrons. The molecule has 0 fully saturated rings. The highest BCUT2D eigenvalue weighted by atomic mass is 16.4. The fourth-order valence-corrected chi connectivity index (χ4v) is 3.58. The summed E-state index contributed by atoms with van der Waals surface area (Å²) < 4.78 is 0. The molecule has 2 amide bonds. The normalized spacial score (nSPS) is 13.9. The predicted octanol–water partition coefficient (Wildman–Crippen LogP) is 2.63. The largest absolute Gasteiger partial charge is 0.480 e. The number of ketones is 1. The van der Waals surface area contributed by atoms with Gasteiger partial charge in [-0.1, -0.05) is 50.2 Å². The van der Waals surface area contributed by atoms with Crippen molar-refractivity contribution in [2.75, 3.05) is 0 Å². The second-order valence-electron chi connectivity index (χ2n) is 7.83. The van der Waals surface area contributed by atoms with E-state index in [1.54, 1.807) is 42.5 Å². The van der Waals surface area contributed by atoms with E-state index >= 15 is 0 Å². The van der Waals surface area contributed by atoms with Crippen LogP contribution >= 0.6 is 0 Å². The van der Waals surface area contributed by atoms with Gasteiger partial charge in [-0.05, 0) is 30.9 Å². The number of hydrogen-bond acceptors (Lipinski definition) is 4. The maximum atomic E-state index is 13.1. The first-order valence-corrected chi connectivity index (χ1v) is 9.81. The van der Waals surface area contributed by atoms with Crippen LogP contribution in [-0.4, -0.2) is 40.8 Å². The topological polar surface area (TPSA) is 113 Å². The van der Waals surface area contributed by atoms with Crippen molar-refractivity contribution in [3.05, 3.63) is 59.2 Å². The number of fused-ring (bicyclic) bond motifs is 3. The Hall–Kier alpha value is -3.48. The lowest BCUT2D eigenvalue weighted by molar-refractivity contribution is -0.141. The van der Waals surface area contributed by atoms with Gasteiger partial charge >= 0.3 is 5.97 Å². The number of rotatable bonds is 7. The van der Waals surface area contributed by atoms with Crippen molar-refractivity contribution in [3.8, 4) is 11.1 Å². The van der Waals surface area contributed by atoms with Crippen LogP contribution in [-0.2, 0) is 9.59 Å². The summed E-state index contributed by atoms with van der Waals surface area (Å²) in [5.41, 5.74) is 2.54. The highest BCUT2D eigenvalue weighted by Gasteiger charge is 2.32. The lowest BCUT2D eigenvalue weighted by Gasteiger charge is -2.22. The Labute approximate surface area is 174 Å². The zero-order valence-corrected chi connectivity index (χ0v) is 17.1. The van der Waals surface area contributed by atoms with Gasteiger partial charge in [0.2, 0.25) is 5.91 Å². The van der Waals surface area contributed by atoms with E-state index in [-0.39, 0.29) is 11.7 Å². The molecule has 1 aliphatic rings. The van der Waals surface area contributed by atoms with Crippen molar-refractivity contribution in [3.63, 3.8) is 0 Å². The number of nitrogens with one attached hydrogen (secondary N) is 2. The second kappa shape index (κ2) is 8.49. The highest BCUT2D eigenvalue weighted by molar-refractivity contribution is 6.24. The average Bonchev–Trinajstić information content (AvgIpc) is 2.99. The van der Waals surface area contributed by atoms with E-state index in [4.69, 9.17) is 5.11 Å². The van der Waals surface area contributed by atoms with E-state index in [9.17, 15) is 19.2 Å². The number of benzene rings is 2. The minimum absolute atomic E-state index is 0.0879. The van der Waals surface area contributed by atoms with Gasteiger partial charge in [0.05, 0.1) is 0 Å². The SMILES string of the molecule is CC(C)C[C@H](NC(=O)c1cccc2c1-c1ccccc1C2=O)C(=O)N[C@@H](C)C(=O)O. The van der Waals surface area contributed by atoms with Crippen LogP contribution in [0.25, 0.3) is 11.1 Å². The summed E-state index contributed by atoms with van der Waals surface area (Å²) in [4.78, 5) is 49.5. The van der Waals surface area contributed by atoms with Gasteiger partial charge in [0.15, 0.2) is 5.78 Å². The van der Waals surface area contributed by atoms with Gasteiger partial charge in [0.1, 0.15) is 12.1 Å².